The first kappa shape index (κ1) is 23.0. The van der Waals surface area contributed by atoms with Gasteiger partial charge in [0.25, 0.3) is 11.8 Å². The molecule has 0 fully saturated rings. The molecule has 0 aliphatic heterocycles. The Bertz CT molecular complexity index is 1100. The van der Waals surface area contributed by atoms with Crippen molar-refractivity contribution in [3.63, 3.8) is 0 Å². The largest absolute Gasteiger partial charge is 0.352 e. The predicted molar refractivity (Wildman–Crippen MR) is 126 cm³/mol. The minimum atomic E-state index is -0.563. The number of benzene rings is 3. The Hall–Kier alpha value is -3.64. The van der Waals surface area contributed by atoms with Crippen LogP contribution in [-0.4, -0.2) is 24.3 Å². The van der Waals surface area contributed by atoms with Crippen LogP contribution >= 0.6 is 11.6 Å². The fourth-order valence-corrected chi connectivity index (χ4v) is 3.44. The van der Waals surface area contributed by atoms with Gasteiger partial charge in [-0.15, -0.1) is 0 Å². The highest BCUT2D eigenvalue weighted by atomic mass is 35.5. The van der Waals surface area contributed by atoms with Gasteiger partial charge in [-0.25, -0.2) is 0 Å². The van der Waals surface area contributed by atoms with Gasteiger partial charge in [-0.3, -0.25) is 14.4 Å². The summed E-state index contributed by atoms with van der Waals surface area (Å²) in [5, 5.41) is 8.78. The zero-order valence-electron chi connectivity index (χ0n) is 17.6. The van der Waals surface area contributed by atoms with E-state index in [1.807, 2.05) is 37.3 Å². The maximum absolute atomic E-state index is 12.8. The fraction of sp³-hybridized carbons (Fsp3) is 0.160. The maximum Gasteiger partial charge on any atom is 0.253 e. The Morgan fingerprint density at radius 3 is 2.31 bits per heavy atom. The molecule has 3 N–H and O–H groups in total. The number of anilines is 1. The fourth-order valence-electron chi connectivity index (χ4n) is 3.22. The van der Waals surface area contributed by atoms with Crippen molar-refractivity contribution < 1.29 is 14.4 Å². The van der Waals surface area contributed by atoms with Gasteiger partial charge in [0.1, 0.15) is 0 Å². The Morgan fingerprint density at radius 1 is 0.875 bits per heavy atom. The number of nitrogens with one attached hydrogen (secondary N) is 3. The van der Waals surface area contributed by atoms with Gasteiger partial charge in [0.2, 0.25) is 5.91 Å². The highest BCUT2D eigenvalue weighted by Gasteiger charge is 2.20. The van der Waals surface area contributed by atoms with Crippen LogP contribution in [0.25, 0.3) is 0 Å². The molecule has 3 aromatic rings. The van der Waals surface area contributed by atoms with Crippen molar-refractivity contribution >= 4 is 35.0 Å². The third-order valence-electron chi connectivity index (χ3n) is 4.76. The van der Waals surface area contributed by atoms with Crippen molar-refractivity contribution in [3.8, 4) is 0 Å². The molecule has 7 heteroatoms. The van der Waals surface area contributed by atoms with E-state index in [2.05, 4.69) is 16.0 Å². The monoisotopic (exact) mass is 449 g/mol. The topological polar surface area (TPSA) is 87.3 Å². The molecule has 0 heterocycles. The van der Waals surface area contributed by atoms with Crippen molar-refractivity contribution in [1.29, 1.82) is 0 Å². The highest BCUT2D eigenvalue weighted by Crippen LogP contribution is 2.21. The Labute approximate surface area is 192 Å². The molecular weight excluding hydrogens is 426 g/mol. The third-order valence-corrected chi connectivity index (χ3v) is 5.09. The molecule has 6 nitrogen and oxygen atoms in total. The second-order valence-corrected chi connectivity index (χ2v) is 7.52. The molecule has 0 aromatic heterocycles. The van der Waals surface area contributed by atoms with E-state index in [9.17, 15) is 14.4 Å². The molecule has 3 aromatic carbocycles. The van der Waals surface area contributed by atoms with Gasteiger partial charge in [0.05, 0.1) is 23.0 Å². The normalized spacial score (nSPS) is 11.3. The summed E-state index contributed by atoms with van der Waals surface area (Å²) in [7, 11) is 0. The summed E-state index contributed by atoms with van der Waals surface area (Å²) in [6, 6.07) is 22.1. The number of halogens is 1. The summed E-state index contributed by atoms with van der Waals surface area (Å²) < 4.78 is 0. The molecule has 164 valence electrons. The van der Waals surface area contributed by atoms with Gasteiger partial charge in [-0.05, 0) is 42.8 Å². The van der Waals surface area contributed by atoms with Crippen LogP contribution in [0, 0.1) is 0 Å². The zero-order chi connectivity index (χ0) is 22.9. The van der Waals surface area contributed by atoms with Crippen LogP contribution in [-0.2, 0) is 4.79 Å². The minimum Gasteiger partial charge on any atom is -0.352 e. The number of carbonyl (C=O) groups is 3. The van der Waals surface area contributed by atoms with E-state index in [1.54, 1.807) is 48.5 Å². The van der Waals surface area contributed by atoms with Gasteiger partial charge >= 0.3 is 0 Å². The first-order chi connectivity index (χ1) is 15.5. The van der Waals surface area contributed by atoms with E-state index in [-0.39, 0.29) is 24.1 Å². The number of hydrogen-bond donors (Lipinski definition) is 3. The molecule has 0 radical (unpaired) electrons. The Kier molecular flexibility index (Phi) is 8.00. The van der Waals surface area contributed by atoms with E-state index in [0.29, 0.717) is 28.4 Å². The lowest BCUT2D eigenvalue weighted by molar-refractivity contribution is -0.116. The van der Waals surface area contributed by atoms with E-state index in [1.165, 1.54) is 0 Å². The lowest BCUT2D eigenvalue weighted by Crippen LogP contribution is -2.31. The van der Waals surface area contributed by atoms with Crippen molar-refractivity contribution in [2.75, 3.05) is 11.9 Å². The van der Waals surface area contributed by atoms with Crippen LogP contribution < -0.4 is 16.0 Å². The molecule has 32 heavy (non-hydrogen) atoms. The molecule has 0 bridgehead atoms. The van der Waals surface area contributed by atoms with E-state index >= 15 is 0 Å². The maximum atomic E-state index is 12.8. The van der Waals surface area contributed by atoms with Crippen LogP contribution in [0.15, 0.2) is 78.9 Å². The van der Waals surface area contributed by atoms with E-state index in [0.717, 1.165) is 5.56 Å². The van der Waals surface area contributed by atoms with Gasteiger partial charge in [-0.2, -0.15) is 0 Å². The number of rotatable bonds is 8. The highest BCUT2D eigenvalue weighted by molar-refractivity contribution is 6.33. The number of amides is 3. The quantitative estimate of drug-likeness (QED) is 0.470. The van der Waals surface area contributed by atoms with Gasteiger partial charge in [0.15, 0.2) is 0 Å². The lowest BCUT2D eigenvalue weighted by atomic mass is 10.0. The first-order valence-corrected chi connectivity index (χ1v) is 10.6. The van der Waals surface area contributed by atoms with Crippen LogP contribution in [0.3, 0.4) is 0 Å². The van der Waals surface area contributed by atoms with Gasteiger partial charge < -0.3 is 16.0 Å². The van der Waals surface area contributed by atoms with Crippen molar-refractivity contribution in [3.05, 3.63) is 101 Å². The van der Waals surface area contributed by atoms with Crippen molar-refractivity contribution in [1.82, 2.24) is 10.6 Å². The summed E-state index contributed by atoms with van der Waals surface area (Å²) in [6.07, 6.45) is 0.00555. The predicted octanol–water partition coefficient (Wildman–Crippen LogP) is 4.59. The molecule has 0 saturated carbocycles. The molecule has 0 spiro atoms. The minimum absolute atomic E-state index is 0.00555. The molecule has 0 aliphatic rings. The van der Waals surface area contributed by atoms with Gasteiger partial charge in [0, 0.05) is 17.8 Å². The van der Waals surface area contributed by atoms with Crippen molar-refractivity contribution in [2.45, 2.75) is 19.4 Å². The zero-order valence-corrected chi connectivity index (χ0v) is 18.4. The standard InChI is InChI=1S/C25H24ClN3O3/c1-2-27-24(31)18-11-8-12-19(15-18)28-23(30)16-22(17-9-4-3-5-10-17)29-25(32)20-13-6-7-14-21(20)26/h3-15,22H,2,16H2,1H3,(H,27,31)(H,28,30)(H,29,32). The molecule has 0 saturated heterocycles. The van der Waals surface area contributed by atoms with Crippen LogP contribution in [0.2, 0.25) is 5.02 Å². The molecule has 3 rings (SSSR count). The molecule has 0 aliphatic carbocycles. The molecule has 3 amide bonds. The van der Waals surface area contributed by atoms with E-state index < -0.39 is 6.04 Å². The van der Waals surface area contributed by atoms with E-state index in [4.69, 9.17) is 11.6 Å². The van der Waals surface area contributed by atoms with Crippen molar-refractivity contribution in [2.24, 2.45) is 0 Å². The Balaban J connectivity index is 1.75. The first-order valence-electron chi connectivity index (χ1n) is 10.3. The smallest absolute Gasteiger partial charge is 0.253 e. The van der Waals surface area contributed by atoms with Crippen LogP contribution in [0.1, 0.15) is 45.7 Å². The molecule has 1 unspecified atom stereocenters. The average Bonchev–Trinajstić information content (AvgIpc) is 2.79. The summed E-state index contributed by atoms with van der Waals surface area (Å²) in [5.74, 6) is -0.875. The average molecular weight is 450 g/mol. The summed E-state index contributed by atoms with van der Waals surface area (Å²) in [4.78, 5) is 37.6. The number of hydrogen-bond acceptors (Lipinski definition) is 3. The SMILES string of the molecule is CCNC(=O)c1cccc(NC(=O)CC(NC(=O)c2ccccc2Cl)c2ccccc2)c1. The summed E-state index contributed by atoms with van der Waals surface area (Å²) >= 11 is 6.15. The van der Waals surface area contributed by atoms with Crippen LogP contribution in [0.4, 0.5) is 5.69 Å². The second kappa shape index (κ2) is 11.1. The second-order valence-electron chi connectivity index (χ2n) is 7.11. The lowest BCUT2D eigenvalue weighted by Gasteiger charge is -2.19. The number of carbonyl (C=O) groups excluding carboxylic acids is 3. The molecule has 1 atom stereocenters. The third kappa shape index (κ3) is 6.18. The Morgan fingerprint density at radius 2 is 1.59 bits per heavy atom. The molecular formula is C25H24ClN3O3. The van der Waals surface area contributed by atoms with Crippen LogP contribution in [0.5, 0.6) is 0 Å². The summed E-state index contributed by atoms with van der Waals surface area (Å²) in [6.45, 7) is 2.35. The van der Waals surface area contributed by atoms with Gasteiger partial charge in [-0.1, -0.05) is 60.1 Å². The summed E-state index contributed by atoms with van der Waals surface area (Å²) in [5.41, 5.74) is 2.09.